The molecule has 1 aromatic heterocycles. The van der Waals surface area contributed by atoms with Gasteiger partial charge in [-0.05, 0) is 24.3 Å². The van der Waals surface area contributed by atoms with E-state index in [2.05, 4.69) is 9.97 Å². The van der Waals surface area contributed by atoms with Crippen molar-refractivity contribution in [2.24, 2.45) is 0 Å². The number of Topliss-reactive ketones (excluding diaryl/α,β-unsaturated/α-hetero) is 1. The lowest BCUT2D eigenvalue weighted by atomic mass is 10.1. The Kier molecular flexibility index (Phi) is 3.97. The SMILES string of the molecule is O=C(COc1ccccc1-c1cnc[nH]1)c1ccc(O)cc1O. The third kappa shape index (κ3) is 3.16. The molecule has 0 radical (unpaired) electrons. The van der Waals surface area contributed by atoms with Gasteiger partial charge in [-0.15, -0.1) is 0 Å². The number of hydrogen-bond acceptors (Lipinski definition) is 5. The second kappa shape index (κ2) is 6.23. The summed E-state index contributed by atoms with van der Waals surface area (Å²) in [6, 6.07) is 11.1. The first-order valence-electron chi connectivity index (χ1n) is 6.91. The minimum absolute atomic E-state index is 0.0989. The van der Waals surface area contributed by atoms with Crippen LogP contribution in [-0.2, 0) is 0 Å². The average molecular weight is 310 g/mol. The number of phenolic OH excluding ortho intramolecular Hbond substituents is 2. The summed E-state index contributed by atoms with van der Waals surface area (Å²) in [5.41, 5.74) is 1.66. The van der Waals surface area contributed by atoms with Gasteiger partial charge in [-0.1, -0.05) is 12.1 Å². The van der Waals surface area contributed by atoms with Gasteiger partial charge in [-0.3, -0.25) is 4.79 Å². The Hall–Kier alpha value is -3.28. The molecule has 0 saturated heterocycles. The minimum Gasteiger partial charge on any atom is -0.508 e. The van der Waals surface area contributed by atoms with Crippen molar-refractivity contribution in [3.63, 3.8) is 0 Å². The quantitative estimate of drug-likeness (QED) is 0.630. The highest BCUT2D eigenvalue weighted by Crippen LogP contribution is 2.28. The van der Waals surface area contributed by atoms with Crippen molar-refractivity contribution in [3.8, 4) is 28.5 Å². The molecular formula is C17H14N2O4. The van der Waals surface area contributed by atoms with Crippen LogP contribution in [0.1, 0.15) is 10.4 Å². The molecule has 23 heavy (non-hydrogen) atoms. The fourth-order valence-electron chi connectivity index (χ4n) is 2.20. The van der Waals surface area contributed by atoms with Crippen molar-refractivity contribution < 1.29 is 19.7 Å². The number of H-pyrrole nitrogens is 1. The molecule has 6 heteroatoms. The molecule has 116 valence electrons. The van der Waals surface area contributed by atoms with E-state index in [1.807, 2.05) is 12.1 Å². The molecule has 2 aromatic carbocycles. The highest BCUT2D eigenvalue weighted by Gasteiger charge is 2.14. The monoisotopic (exact) mass is 310 g/mol. The lowest BCUT2D eigenvalue weighted by Crippen LogP contribution is -2.12. The van der Waals surface area contributed by atoms with Crippen molar-refractivity contribution in [2.45, 2.75) is 0 Å². The fourth-order valence-corrected chi connectivity index (χ4v) is 2.20. The molecule has 0 aliphatic rings. The van der Waals surface area contributed by atoms with Gasteiger partial charge < -0.3 is 19.9 Å². The topological polar surface area (TPSA) is 95.4 Å². The summed E-state index contributed by atoms with van der Waals surface area (Å²) in [6.07, 6.45) is 3.22. The lowest BCUT2D eigenvalue weighted by molar-refractivity contribution is 0.0919. The Morgan fingerprint density at radius 1 is 1.17 bits per heavy atom. The maximum atomic E-state index is 12.2. The molecule has 3 aromatic rings. The number of nitrogens with one attached hydrogen (secondary N) is 1. The number of carbonyl (C=O) groups is 1. The summed E-state index contributed by atoms with van der Waals surface area (Å²) in [4.78, 5) is 19.1. The van der Waals surface area contributed by atoms with E-state index in [4.69, 9.17) is 4.74 Å². The molecular weight excluding hydrogens is 296 g/mol. The van der Waals surface area contributed by atoms with Crippen LogP contribution in [0.2, 0.25) is 0 Å². The summed E-state index contributed by atoms with van der Waals surface area (Å²) in [6.45, 7) is -0.233. The van der Waals surface area contributed by atoms with E-state index in [9.17, 15) is 15.0 Å². The van der Waals surface area contributed by atoms with Crippen molar-refractivity contribution in [2.75, 3.05) is 6.61 Å². The van der Waals surface area contributed by atoms with Gasteiger partial charge in [0, 0.05) is 11.6 Å². The van der Waals surface area contributed by atoms with Crippen LogP contribution in [0.15, 0.2) is 55.0 Å². The molecule has 0 spiro atoms. The number of benzene rings is 2. The van der Waals surface area contributed by atoms with Crippen LogP contribution in [-0.4, -0.2) is 32.6 Å². The normalized spacial score (nSPS) is 10.4. The number of carbonyl (C=O) groups excluding carboxylic acids is 1. The second-order valence-electron chi connectivity index (χ2n) is 4.87. The molecule has 0 fully saturated rings. The van der Waals surface area contributed by atoms with Crippen LogP contribution in [0.25, 0.3) is 11.3 Å². The van der Waals surface area contributed by atoms with Gasteiger partial charge >= 0.3 is 0 Å². The Morgan fingerprint density at radius 2 is 2.00 bits per heavy atom. The number of rotatable bonds is 5. The number of aromatic hydroxyl groups is 2. The minimum atomic E-state index is -0.387. The number of aromatic amines is 1. The highest BCUT2D eigenvalue weighted by molar-refractivity contribution is 5.99. The molecule has 3 N–H and O–H groups in total. The van der Waals surface area contributed by atoms with Gasteiger partial charge in [0.25, 0.3) is 0 Å². The average Bonchev–Trinajstić information content (AvgIpc) is 3.07. The van der Waals surface area contributed by atoms with Gasteiger partial charge in [0.2, 0.25) is 5.78 Å². The third-order valence-corrected chi connectivity index (χ3v) is 3.32. The molecule has 0 aliphatic heterocycles. The molecule has 0 unspecified atom stereocenters. The van der Waals surface area contributed by atoms with Gasteiger partial charge in [0.1, 0.15) is 17.2 Å². The maximum Gasteiger partial charge on any atom is 0.203 e. The van der Waals surface area contributed by atoms with E-state index in [0.29, 0.717) is 5.75 Å². The van der Waals surface area contributed by atoms with Gasteiger partial charge in [-0.2, -0.15) is 0 Å². The number of aromatic nitrogens is 2. The summed E-state index contributed by atoms with van der Waals surface area (Å²) in [7, 11) is 0. The summed E-state index contributed by atoms with van der Waals surface area (Å²) >= 11 is 0. The Labute approximate surface area is 132 Å². The largest absolute Gasteiger partial charge is 0.508 e. The predicted octanol–water partition coefficient (Wildman–Crippen LogP) is 2.75. The molecule has 0 atom stereocenters. The highest BCUT2D eigenvalue weighted by atomic mass is 16.5. The fraction of sp³-hybridized carbons (Fsp3) is 0.0588. The molecule has 0 saturated carbocycles. The molecule has 3 rings (SSSR count). The molecule has 6 nitrogen and oxygen atoms in total. The zero-order valence-electron chi connectivity index (χ0n) is 12.1. The van der Waals surface area contributed by atoms with E-state index in [1.54, 1.807) is 24.7 Å². The Bertz CT molecular complexity index is 828. The molecule has 0 amide bonds. The van der Waals surface area contributed by atoms with Crippen molar-refractivity contribution in [1.29, 1.82) is 0 Å². The maximum absolute atomic E-state index is 12.2. The predicted molar refractivity (Wildman–Crippen MR) is 83.6 cm³/mol. The van der Waals surface area contributed by atoms with Gasteiger partial charge in [0.05, 0.1) is 23.8 Å². The number of para-hydroxylation sites is 1. The molecule has 0 aliphatic carbocycles. The second-order valence-corrected chi connectivity index (χ2v) is 4.87. The zero-order valence-corrected chi connectivity index (χ0v) is 12.1. The molecule has 0 bridgehead atoms. The van der Waals surface area contributed by atoms with Crippen molar-refractivity contribution in [1.82, 2.24) is 9.97 Å². The smallest absolute Gasteiger partial charge is 0.203 e. The summed E-state index contributed by atoms with van der Waals surface area (Å²) in [5.74, 6) is -0.240. The van der Waals surface area contributed by atoms with E-state index >= 15 is 0 Å². The van der Waals surface area contributed by atoms with Crippen molar-refractivity contribution >= 4 is 5.78 Å². The standard InChI is InChI=1S/C17H14N2O4/c20-11-5-6-13(15(21)7-11)16(22)9-23-17-4-2-1-3-12(17)14-8-18-10-19-14/h1-8,10,20-21H,9H2,(H,18,19). The molecule has 1 heterocycles. The number of imidazole rings is 1. The van der Waals surface area contributed by atoms with Crippen LogP contribution in [0.3, 0.4) is 0 Å². The van der Waals surface area contributed by atoms with E-state index in [-0.39, 0.29) is 29.5 Å². The summed E-state index contributed by atoms with van der Waals surface area (Å²) in [5, 5.41) is 19.0. The lowest BCUT2D eigenvalue weighted by Gasteiger charge is -2.10. The zero-order chi connectivity index (χ0) is 16.2. The van der Waals surface area contributed by atoms with Gasteiger partial charge in [0.15, 0.2) is 6.61 Å². The van der Waals surface area contributed by atoms with E-state index in [1.165, 1.54) is 12.1 Å². The van der Waals surface area contributed by atoms with Crippen LogP contribution in [0.4, 0.5) is 0 Å². The summed E-state index contributed by atoms with van der Waals surface area (Å²) < 4.78 is 5.59. The first kappa shape index (κ1) is 14.6. The third-order valence-electron chi connectivity index (χ3n) is 3.32. The number of ketones is 1. The van der Waals surface area contributed by atoms with Crippen LogP contribution >= 0.6 is 0 Å². The van der Waals surface area contributed by atoms with Crippen LogP contribution in [0, 0.1) is 0 Å². The number of nitrogens with zero attached hydrogens (tertiary/aromatic N) is 1. The van der Waals surface area contributed by atoms with Crippen LogP contribution < -0.4 is 4.74 Å². The number of phenols is 2. The van der Waals surface area contributed by atoms with E-state index < -0.39 is 0 Å². The Morgan fingerprint density at radius 3 is 2.74 bits per heavy atom. The van der Waals surface area contributed by atoms with E-state index in [0.717, 1.165) is 17.3 Å². The van der Waals surface area contributed by atoms with Gasteiger partial charge in [-0.25, -0.2) is 4.98 Å². The van der Waals surface area contributed by atoms with Crippen LogP contribution in [0.5, 0.6) is 17.2 Å². The van der Waals surface area contributed by atoms with Crippen molar-refractivity contribution in [3.05, 3.63) is 60.6 Å². The number of hydrogen-bond donors (Lipinski definition) is 3. The first-order chi connectivity index (χ1) is 11.1. The number of ether oxygens (including phenoxy) is 1. The Balaban J connectivity index is 1.77. The first-order valence-corrected chi connectivity index (χ1v) is 6.91.